The Bertz CT molecular complexity index is 512. The monoisotopic (exact) mass is 320 g/mol. The minimum atomic E-state index is 1.25. The molecule has 0 saturated carbocycles. The molecule has 0 spiro atoms. The van der Waals surface area contributed by atoms with Gasteiger partial charge in [0.1, 0.15) is 0 Å². The second-order valence-electron chi connectivity index (χ2n) is 3.74. The van der Waals surface area contributed by atoms with E-state index in [1.807, 2.05) is 0 Å². The standard InChI is InChI=1S/C15H13I/c1-12-5-2-3-7-14(12)10-9-13-6-4-8-15(16)11-13/h2-11H,1H3/b10-9+. The molecule has 0 aliphatic rings. The Balaban J connectivity index is 2.25. The van der Waals surface area contributed by atoms with Crippen LogP contribution in [0, 0.1) is 10.5 Å². The molecule has 0 N–H and O–H groups in total. The van der Waals surface area contributed by atoms with Crippen molar-refractivity contribution in [2.24, 2.45) is 0 Å². The second kappa shape index (κ2) is 5.30. The van der Waals surface area contributed by atoms with Gasteiger partial charge in [0, 0.05) is 3.57 Å². The highest BCUT2D eigenvalue weighted by atomic mass is 127. The third kappa shape index (κ3) is 2.95. The van der Waals surface area contributed by atoms with Gasteiger partial charge in [-0.05, 0) is 58.3 Å². The number of aryl methyl sites for hydroxylation is 1. The Morgan fingerprint density at radius 2 is 1.75 bits per heavy atom. The van der Waals surface area contributed by atoms with Gasteiger partial charge < -0.3 is 0 Å². The van der Waals surface area contributed by atoms with Crippen LogP contribution in [0.5, 0.6) is 0 Å². The third-order valence-electron chi connectivity index (χ3n) is 2.49. The van der Waals surface area contributed by atoms with Crippen molar-refractivity contribution in [1.29, 1.82) is 0 Å². The van der Waals surface area contributed by atoms with Gasteiger partial charge in [0.15, 0.2) is 0 Å². The van der Waals surface area contributed by atoms with Crippen LogP contribution in [0.25, 0.3) is 12.2 Å². The molecule has 0 unspecified atom stereocenters. The highest BCUT2D eigenvalue weighted by molar-refractivity contribution is 14.1. The van der Waals surface area contributed by atoms with E-state index in [2.05, 4.69) is 90.2 Å². The zero-order valence-electron chi connectivity index (χ0n) is 9.15. The summed E-state index contributed by atoms with van der Waals surface area (Å²) in [7, 11) is 0. The predicted octanol–water partition coefficient (Wildman–Crippen LogP) is 4.77. The first-order chi connectivity index (χ1) is 7.75. The average molecular weight is 320 g/mol. The maximum absolute atomic E-state index is 2.33. The van der Waals surface area contributed by atoms with Gasteiger partial charge in [0.25, 0.3) is 0 Å². The molecule has 0 nitrogen and oxygen atoms in total. The quantitative estimate of drug-likeness (QED) is 0.552. The molecule has 80 valence electrons. The van der Waals surface area contributed by atoms with Crippen LogP contribution in [0.4, 0.5) is 0 Å². The third-order valence-corrected chi connectivity index (χ3v) is 3.16. The van der Waals surface area contributed by atoms with Crippen LogP contribution in [0.3, 0.4) is 0 Å². The molecule has 0 atom stereocenters. The van der Waals surface area contributed by atoms with Gasteiger partial charge in [-0.25, -0.2) is 0 Å². The second-order valence-corrected chi connectivity index (χ2v) is 4.99. The maximum Gasteiger partial charge on any atom is 0.0136 e. The SMILES string of the molecule is Cc1ccccc1/C=C/c1cccc(I)c1. The smallest absolute Gasteiger partial charge is 0.0136 e. The van der Waals surface area contributed by atoms with Crippen molar-refractivity contribution in [3.05, 3.63) is 68.8 Å². The van der Waals surface area contributed by atoms with Crippen LogP contribution in [-0.2, 0) is 0 Å². The van der Waals surface area contributed by atoms with Crippen molar-refractivity contribution in [1.82, 2.24) is 0 Å². The summed E-state index contributed by atoms with van der Waals surface area (Å²) in [6.45, 7) is 2.13. The summed E-state index contributed by atoms with van der Waals surface area (Å²) in [4.78, 5) is 0. The van der Waals surface area contributed by atoms with Crippen LogP contribution >= 0.6 is 22.6 Å². The molecular weight excluding hydrogens is 307 g/mol. The van der Waals surface area contributed by atoms with Crippen LogP contribution in [-0.4, -0.2) is 0 Å². The fraction of sp³-hybridized carbons (Fsp3) is 0.0667. The summed E-state index contributed by atoms with van der Waals surface area (Å²) in [6.07, 6.45) is 4.32. The van der Waals surface area contributed by atoms with Gasteiger partial charge >= 0.3 is 0 Å². The molecule has 0 aromatic heterocycles. The Morgan fingerprint density at radius 1 is 0.938 bits per heavy atom. The van der Waals surface area contributed by atoms with Gasteiger partial charge in [-0.1, -0.05) is 48.6 Å². The van der Waals surface area contributed by atoms with Gasteiger partial charge in [-0.3, -0.25) is 0 Å². The molecule has 16 heavy (non-hydrogen) atoms. The highest BCUT2D eigenvalue weighted by Gasteiger charge is 1.92. The minimum absolute atomic E-state index is 1.25. The van der Waals surface area contributed by atoms with Gasteiger partial charge in [-0.2, -0.15) is 0 Å². The van der Waals surface area contributed by atoms with E-state index in [1.54, 1.807) is 0 Å². The van der Waals surface area contributed by atoms with Gasteiger partial charge in [0.2, 0.25) is 0 Å². The van der Waals surface area contributed by atoms with Crippen LogP contribution in [0.2, 0.25) is 0 Å². The number of halogens is 1. The average Bonchev–Trinajstić information content (AvgIpc) is 2.28. The van der Waals surface area contributed by atoms with Crippen molar-refractivity contribution < 1.29 is 0 Å². The molecule has 2 aromatic carbocycles. The topological polar surface area (TPSA) is 0 Å². The van der Waals surface area contributed by atoms with E-state index < -0.39 is 0 Å². The molecule has 0 aliphatic heterocycles. The highest BCUT2D eigenvalue weighted by Crippen LogP contribution is 2.13. The summed E-state index contributed by atoms with van der Waals surface area (Å²) in [5.74, 6) is 0. The first-order valence-electron chi connectivity index (χ1n) is 5.25. The summed E-state index contributed by atoms with van der Waals surface area (Å²) >= 11 is 2.33. The molecular formula is C15H13I. The zero-order valence-corrected chi connectivity index (χ0v) is 11.3. The molecule has 2 aromatic rings. The molecule has 0 bridgehead atoms. The first kappa shape index (κ1) is 11.4. The lowest BCUT2D eigenvalue weighted by atomic mass is 10.1. The van der Waals surface area contributed by atoms with Crippen molar-refractivity contribution in [3.63, 3.8) is 0 Å². The maximum atomic E-state index is 2.33. The largest absolute Gasteiger partial charge is 0.0620 e. The molecule has 0 fully saturated rings. The van der Waals surface area contributed by atoms with E-state index in [9.17, 15) is 0 Å². The molecule has 0 amide bonds. The van der Waals surface area contributed by atoms with Crippen molar-refractivity contribution in [2.45, 2.75) is 6.92 Å². The Labute approximate surface area is 110 Å². The predicted molar refractivity (Wildman–Crippen MR) is 79.3 cm³/mol. The molecule has 1 heteroatoms. The fourth-order valence-electron chi connectivity index (χ4n) is 1.57. The number of hydrogen-bond donors (Lipinski definition) is 0. The zero-order chi connectivity index (χ0) is 11.4. The van der Waals surface area contributed by atoms with Crippen LogP contribution in [0.15, 0.2) is 48.5 Å². The summed E-state index contributed by atoms with van der Waals surface area (Å²) in [5, 5.41) is 0. The summed E-state index contributed by atoms with van der Waals surface area (Å²) in [6, 6.07) is 16.9. The summed E-state index contributed by atoms with van der Waals surface area (Å²) in [5.41, 5.74) is 3.83. The Kier molecular flexibility index (Phi) is 3.78. The number of benzene rings is 2. The molecule has 0 radical (unpaired) electrons. The molecule has 0 saturated heterocycles. The molecule has 0 heterocycles. The van der Waals surface area contributed by atoms with E-state index in [0.29, 0.717) is 0 Å². The normalized spacial score (nSPS) is 10.9. The molecule has 2 rings (SSSR count). The summed E-state index contributed by atoms with van der Waals surface area (Å²) < 4.78 is 1.27. The number of hydrogen-bond acceptors (Lipinski definition) is 0. The van der Waals surface area contributed by atoms with E-state index in [1.165, 1.54) is 20.3 Å². The van der Waals surface area contributed by atoms with Gasteiger partial charge in [0.05, 0.1) is 0 Å². The molecule has 0 aliphatic carbocycles. The van der Waals surface area contributed by atoms with Crippen LogP contribution < -0.4 is 0 Å². The van der Waals surface area contributed by atoms with E-state index >= 15 is 0 Å². The Morgan fingerprint density at radius 3 is 2.50 bits per heavy atom. The van der Waals surface area contributed by atoms with Crippen LogP contribution in [0.1, 0.15) is 16.7 Å². The van der Waals surface area contributed by atoms with Gasteiger partial charge in [-0.15, -0.1) is 0 Å². The lowest BCUT2D eigenvalue weighted by Crippen LogP contribution is -1.78. The van der Waals surface area contributed by atoms with Crippen molar-refractivity contribution in [2.75, 3.05) is 0 Å². The first-order valence-corrected chi connectivity index (χ1v) is 6.33. The van der Waals surface area contributed by atoms with E-state index in [4.69, 9.17) is 0 Å². The Hall–Kier alpha value is -1.09. The van der Waals surface area contributed by atoms with Crippen molar-refractivity contribution in [3.8, 4) is 0 Å². The van der Waals surface area contributed by atoms with E-state index in [-0.39, 0.29) is 0 Å². The minimum Gasteiger partial charge on any atom is -0.0620 e. The number of rotatable bonds is 2. The lowest BCUT2D eigenvalue weighted by molar-refractivity contribution is 1.45. The van der Waals surface area contributed by atoms with Crippen molar-refractivity contribution >= 4 is 34.7 Å². The fourth-order valence-corrected chi connectivity index (χ4v) is 2.14. The lowest BCUT2D eigenvalue weighted by Gasteiger charge is -1.99. The van der Waals surface area contributed by atoms with E-state index in [0.717, 1.165) is 0 Å².